The van der Waals surface area contributed by atoms with E-state index in [2.05, 4.69) is 15.3 Å². The minimum atomic E-state index is -1.13. The van der Waals surface area contributed by atoms with Crippen molar-refractivity contribution in [2.75, 3.05) is 14.2 Å². The Bertz CT molecular complexity index is 637. The molecule has 0 bridgehead atoms. The molecule has 0 aliphatic heterocycles. The lowest BCUT2D eigenvalue weighted by atomic mass is 10.1. The van der Waals surface area contributed by atoms with Gasteiger partial charge in [-0.25, -0.2) is 9.47 Å². The lowest BCUT2D eigenvalue weighted by Gasteiger charge is -2.12. The highest BCUT2D eigenvalue weighted by Gasteiger charge is 2.19. The third kappa shape index (κ3) is 2.58. The van der Waals surface area contributed by atoms with Gasteiger partial charge < -0.3 is 14.6 Å². The van der Waals surface area contributed by atoms with E-state index in [4.69, 9.17) is 9.47 Å². The molecule has 1 aromatic carbocycles. The smallest absolute Gasteiger partial charge is 0.340 e. The number of rotatable bonds is 5. The summed E-state index contributed by atoms with van der Waals surface area (Å²) in [6.45, 7) is 0. The fourth-order valence-corrected chi connectivity index (χ4v) is 1.65. The van der Waals surface area contributed by atoms with Gasteiger partial charge in [-0.1, -0.05) is 0 Å². The summed E-state index contributed by atoms with van der Waals surface area (Å²) in [5, 5.41) is 20.5. The molecule has 0 amide bonds. The molecular formula is C12H12N4O4. The van der Waals surface area contributed by atoms with Gasteiger partial charge in [0.1, 0.15) is 18.2 Å². The summed E-state index contributed by atoms with van der Waals surface area (Å²) >= 11 is 0. The lowest BCUT2D eigenvalue weighted by Crippen LogP contribution is -2.07. The highest BCUT2D eigenvalue weighted by molar-refractivity contribution is 6.01. The van der Waals surface area contributed by atoms with Crippen LogP contribution in [0.25, 0.3) is 0 Å². The summed E-state index contributed by atoms with van der Waals surface area (Å²) in [6, 6.07) is 3.19. The van der Waals surface area contributed by atoms with E-state index in [0.29, 0.717) is 11.3 Å². The van der Waals surface area contributed by atoms with Gasteiger partial charge in [-0.2, -0.15) is 5.10 Å². The van der Waals surface area contributed by atoms with Crippen molar-refractivity contribution < 1.29 is 19.4 Å². The van der Waals surface area contributed by atoms with Crippen molar-refractivity contribution in [1.82, 2.24) is 14.9 Å². The van der Waals surface area contributed by atoms with Crippen molar-refractivity contribution in [3.63, 3.8) is 0 Å². The van der Waals surface area contributed by atoms with Gasteiger partial charge >= 0.3 is 5.97 Å². The Morgan fingerprint density at radius 2 is 2.00 bits per heavy atom. The van der Waals surface area contributed by atoms with E-state index in [9.17, 15) is 9.90 Å². The molecule has 1 aromatic heterocycles. The molecule has 2 rings (SSSR count). The number of aromatic carboxylic acids is 1. The predicted octanol–water partition coefficient (Wildman–Crippen LogP) is 0.876. The maximum absolute atomic E-state index is 11.4. The van der Waals surface area contributed by atoms with Gasteiger partial charge in [0.25, 0.3) is 0 Å². The van der Waals surface area contributed by atoms with Crippen LogP contribution in [0.4, 0.5) is 0 Å². The van der Waals surface area contributed by atoms with E-state index in [-0.39, 0.29) is 11.3 Å². The van der Waals surface area contributed by atoms with Crippen LogP contribution >= 0.6 is 0 Å². The Hall–Kier alpha value is -2.90. The SMILES string of the molecule is COc1ccc(/C=N/n2cnnc2)c(C(=O)O)c1OC. The summed E-state index contributed by atoms with van der Waals surface area (Å²) < 4.78 is 11.5. The zero-order valence-electron chi connectivity index (χ0n) is 10.8. The van der Waals surface area contributed by atoms with Crippen LogP contribution in [0, 0.1) is 0 Å². The van der Waals surface area contributed by atoms with Crippen molar-refractivity contribution in [2.24, 2.45) is 5.10 Å². The monoisotopic (exact) mass is 276 g/mol. The van der Waals surface area contributed by atoms with Crippen LogP contribution in [0.2, 0.25) is 0 Å². The second-order valence-electron chi connectivity index (χ2n) is 3.66. The van der Waals surface area contributed by atoms with Gasteiger partial charge in [-0.15, -0.1) is 10.2 Å². The molecule has 0 fully saturated rings. The number of carboxylic acid groups (broad SMARTS) is 1. The topological polar surface area (TPSA) is 98.8 Å². The molecule has 0 spiro atoms. The van der Waals surface area contributed by atoms with Gasteiger partial charge in [0.2, 0.25) is 0 Å². The van der Waals surface area contributed by atoms with Crippen LogP contribution in [-0.2, 0) is 0 Å². The van der Waals surface area contributed by atoms with E-state index < -0.39 is 5.97 Å². The van der Waals surface area contributed by atoms with Gasteiger partial charge in [-0.05, 0) is 12.1 Å². The van der Waals surface area contributed by atoms with Crippen molar-refractivity contribution in [3.05, 3.63) is 35.9 Å². The fourth-order valence-electron chi connectivity index (χ4n) is 1.65. The Labute approximate surface area is 114 Å². The minimum absolute atomic E-state index is 0.0244. The van der Waals surface area contributed by atoms with Crippen LogP contribution in [0.1, 0.15) is 15.9 Å². The van der Waals surface area contributed by atoms with E-state index in [1.807, 2.05) is 0 Å². The van der Waals surface area contributed by atoms with Crippen LogP contribution in [0.15, 0.2) is 29.9 Å². The first-order valence-corrected chi connectivity index (χ1v) is 5.54. The van der Waals surface area contributed by atoms with Crippen molar-refractivity contribution in [2.45, 2.75) is 0 Å². The first kappa shape index (κ1) is 13.5. The summed E-state index contributed by atoms with van der Waals surface area (Å²) in [5.41, 5.74) is 0.354. The van der Waals surface area contributed by atoms with Gasteiger partial charge in [-0.3, -0.25) is 0 Å². The second-order valence-corrected chi connectivity index (χ2v) is 3.66. The van der Waals surface area contributed by atoms with Crippen LogP contribution in [0.3, 0.4) is 0 Å². The quantitative estimate of drug-likeness (QED) is 0.814. The van der Waals surface area contributed by atoms with E-state index in [1.165, 1.54) is 37.8 Å². The van der Waals surface area contributed by atoms with Crippen LogP contribution < -0.4 is 9.47 Å². The first-order chi connectivity index (χ1) is 9.67. The summed E-state index contributed by atoms with van der Waals surface area (Å²) in [5.74, 6) is -0.648. The molecule has 8 heteroatoms. The average molecular weight is 276 g/mol. The zero-order valence-corrected chi connectivity index (χ0v) is 10.8. The largest absolute Gasteiger partial charge is 0.493 e. The fraction of sp³-hybridized carbons (Fsp3) is 0.167. The first-order valence-electron chi connectivity index (χ1n) is 5.54. The molecule has 0 unspecified atom stereocenters. The number of nitrogens with zero attached hydrogens (tertiary/aromatic N) is 4. The molecule has 1 N–H and O–H groups in total. The molecule has 0 saturated carbocycles. The van der Waals surface area contributed by atoms with Crippen LogP contribution in [-0.4, -0.2) is 46.4 Å². The van der Waals surface area contributed by atoms with E-state index in [1.54, 1.807) is 12.1 Å². The highest BCUT2D eigenvalue weighted by atomic mass is 16.5. The number of hydrogen-bond acceptors (Lipinski definition) is 6. The standard InChI is InChI=1S/C12H12N4O4/c1-19-9-4-3-8(5-15-16-6-13-14-7-16)10(12(17)18)11(9)20-2/h3-7H,1-2H3,(H,17,18)/b15-5+. The molecule has 20 heavy (non-hydrogen) atoms. The maximum atomic E-state index is 11.4. The number of methoxy groups -OCH3 is 2. The summed E-state index contributed by atoms with van der Waals surface area (Å²) in [6.07, 6.45) is 4.16. The zero-order chi connectivity index (χ0) is 14.5. The van der Waals surface area contributed by atoms with E-state index >= 15 is 0 Å². The lowest BCUT2D eigenvalue weighted by molar-refractivity contribution is 0.0692. The minimum Gasteiger partial charge on any atom is -0.493 e. The van der Waals surface area contributed by atoms with Crippen LogP contribution in [0.5, 0.6) is 11.5 Å². The number of benzene rings is 1. The number of ether oxygens (including phenoxy) is 2. The van der Waals surface area contributed by atoms with Gasteiger partial charge in [0.15, 0.2) is 11.5 Å². The molecule has 1 heterocycles. The Morgan fingerprint density at radius 1 is 1.30 bits per heavy atom. The summed E-state index contributed by atoms with van der Waals surface area (Å²) in [7, 11) is 2.82. The molecule has 8 nitrogen and oxygen atoms in total. The summed E-state index contributed by atoms with van der Waals surface area (Å²) in [4.78, 5) is 11.4. The van der Waals surface area contributed by atoms with Crippen molar-refractivity contribution in [1.29, 1.82) is 0 Å². The number of hydrogen-bond donors (Lipinski definition) is 1. The predicted molar refractivity (Wildman–Crippen MR) is 69.5 cm³/mol. The van der Waals surface area contributed by atoms with Gasteiger partial charge in [0.05, 0.1) is 20.4 Å². The highest BCUT2D eigenvalue weighted by Crippen LogP contribution is 2.32. The molecule has 0 aliphatic rings. The van der Waals surface area contributed by atoms with Crippen molar-refractivity contribution >= 4 is 12.2 Å². The second kappa shape index (κ2) is 5.83. The maximum Gasteiger partial charge on any atom is 0.340 e. The number of carbonyl (C=O) groups is 1. The molecule has 0 saturated heterocycles. The van der Waals surface area contributed by atoms with Gasteiger partial charge in [0, 0.05) is 5.56 Å². The average Bonchev–Trinajstić information content (AvgIpc) is 2.96. The van der Waals surface area contributed by atoms with E-state index in [0.717, 1.165) is 0 Å². The molecule has 0 radical (unpaired) electrons. The Balaban J connectivity index is 2.50. The number of carboxylic acids is 1. The molecule has 2 aromatic rings. The van der Waals surface area contributed by atoms with Crippen molar-refractivity contribution in [3.8, 4) is 11.5 Å². The molecule has 0 atom stereocenters. The number of aromatic nitrogens is 3. The normalized spacial score (nSPS) is 10.7. The third-order valence-electron chi connectivity index (χ3n) is 2.53. The third-order valence-corrected chi connectivity index (χ3v) is 2.53. The molecule has 0 aliphatic carbocycles. The Kier molecular flexibility index (Phi) is 3.94. The molecular weight excluding hydrogens is 264 g/mol. The Morgan fingerprint density at radius 3 is 2.55 bits per heavy atom. The molecule has 104 valence electrons.